The molecule has 0 amide bonds. The van der Waals surface area contributed by atoms with Crippen molar-refractivity contribution in [2.45, 2.75) is 39.5 Å². The van der Waals surface area contributed by atoms with Gasteiger partial charge in [-0.05, 0) is 19.0 Å². The molecule has 1 nitrogen and oxygen atoms in total. The Hall–Kier alpha value is -0.460. The van der Waals surface area contributed by atoms with E-state index in [1.165, 1.54) is 25.7 Å². The van der Waals surface area contributed by atoms with Crippen molar-refractivity contribution in [3.63, 3.8) is 0 Å². The van der Waals surface area contributed by atoms with E-state index in [4.69, 9.17) is 0 Å². The van der Waals surface area contributed by atoms with Crippen molar-refractivity contribution in [3.8, 4) is 0 Å². The maximum Gasteiger partial charge on any atom is 0.0138 e. The standard InChI is InChI=1S/C9H19N/c1-3-5-6-7-9-10-8-4-2/h7,9-10H,3-6,8H2,1-2H3. The second-order valence-electron chi connectivity index (χ2n) is 2.50. The summed E-state index contributed by atoms with van der Waals surface area (Å²) in [6.45, 7) is 5.49. The molecule has 0 unspecified atom stereocenters. The normalized spacial score (nSPS) is 10.6. The van der Waals surface area contributed by atoms with Crippen LogP contribution in [0.1, 0.15) is 39.5 Å². The first kappa shape index (κ1) is 9.54. The van der Waals surface area contributed by atoms with Crippen molar-refractivity contribution < 1.29 is 0 Å². The summed E-state index contributed by atoms with van der Waals surface area (Å²) in [4.78, 5) is 0. The van der Waals surface area contributed by atoms with Crippen LogP contribution in [-0.4, -0.2) is 6.54 Å². The minimum absolute atomic E-state index is 1.10. The molecule has 0 aromatic heterocycles. The van der Waals surface area contributed by atoms with E-state index in [9.17, 15) is 0 Å². The molecule has 0 aromatic rings. The monoisotopic (exact) mass is 141 g/mol. The molecule has 0 radical (unpaired) electrons. The SMILES string of the molecule is CCCCC=CNCCC. The predicted molar refractivity (Wildman–Crippen MR) is 47.0 cm³/mol. The molecule has 1 N–H and O–H groups in total. The molecule has 0 aliphatic carbocycles. The van der Waals surface area contributed by atoms with Crippen LogP contribution in [0.2, 0.25) is 0 Å². The van der Waals surface area contributed by atoms with Gasteiger partial charge in [-0.3, -0.25) is 0 Å². The molecule has 0 fully saturated rings. The van der Waals surface area contributed by atoms with E-state index in [0.717, 1.165) is 6.54 Å². The minimum atomic E-state index is 1.10. The molecule has 60 valence electrons. The van der Waals surface area contributed by atoms with Crippen LogP contribution in [0, 0.1) is 0 Å². The Kier molecular flexibility index (Phi) is 8.15. The van der Waals surface area contributed by atoms with Gasteiger partial charge in [-0.1, -0.05) is 32.8 Å². The summed E-state index contributed by atoms with van der Waals surface area (Å²) in [6, 6.07) is 0. The molecule has 0 spiro atoms. The van der Waals surface area contributed by atoms with E-state index in [1.807, 2.05) is 0 Å². The third kappa shape index (κ3) is 7.54. The van der Waals surface area contributed by atoms with Gasteiger partial charge >= 0.3 is 0 Å². The highest BCUT2D eigenvalue weighted by Gasteiger charge is 1.76. The van der Waals surface area contributed by atoms with Crippen LogP contribution in [-0.2, 0) is 0 Å². The first-order valence-corrected chi connectivity index (χ1v) is 4.30. The molecule has 0 atom stereocenters. The Balaban J connectivity index is 2.89. The highest BCUT2D eigenvalue weighted by molar-refractivity contribution is 4.78. The van der Waals surface area contributed by atoms with E-state index in [1.54, 1.807) is 0 Å². The zero-order valence-electron chi connectivity index (χ0n) is 7.19. The first-order chi connectivity index (χ1) is 4.91. The van der Waals surface area contributed by atoms with Gasteiger partial charge in [0.05, 0.1) is 0 Å². The van der Waals surface area contributed by atoms with Crippen LogP contribution in [0.25, 0.3) is 0 Å². The summed E-state index contributed by atoms with van der Waals surface area (Å²) >= 11 is 0. The number of hydrogen-bond acceptors (Lipinski definition) is 1. The van der Waals surface area contributed by atoms with Crippen LogP contribution < -0.4 is 5.32 Å². The van der Waals surface area contributed by atoms with Crippen molar-refractivity contribution in [2.24, 2.45) is 0 Å². The van der Waals surface area contributed by atoms with E-state index >= 15 is 0 Å². The van der Waals surface area contributed by atoms with E-state index in [-0.39, 0.29) is 0 Å². The van der Waals surface area contributed by atoms with Gasteiger partial charge in [0.15, 0.2) is 0 Å². The summed E-state index contributed by atoms with van der Waals surface area (Å²) in [6.07, 6.45) is 9.30. The Morgan fingerprint density at radius 2 is 2.00 bits per heavy atom. The topological polar surface area (TPSA) is 12.0 Å². The molecular formula is C9H19N. The van der Waals surface area contributed by atoms with Crippen molar-refractivity contribution in [1.82, 2.24) is 5.32 Å². The smallest absolute Gasteiger partial charge is 0.0138 e. The molecule has 10 heavy (non-hydrogen) atoms. The molecule has 0 aromatic carbocycles. The number of unbranched alkanes of at least 4 members (excludes halogenated alkanes) is 2. The van der Waals surface area contributed by atoms with Gasteiger partial charge in [0.25, 0.3) is 0 Å². The number of allylic oxidation sites excluding steroid dienone is 1. The van der Waals surface area contributed by atoms with Gasteiger partial charge in [0, 0.05) is 6.54 Å². The Morgan fingerprint density at radius 1 is 1.20 bits per heavy atom. The number of rotatable bonds is 6. The van der Waals surface area contributed by atoms with Crippen LogP contribution in [0.3, 0.4) is 0 Å². The molecule has 0 aliphatic heterocycles. The van der Waals surface area contributed by atoms with Crippen LogP contribution in [0.5, 0.6) is 0 Å². The molecule has 0 saturated heterocycles. The summed E-state index contributed by atoms with van der Waals surface area (Å²) < 4.78 is 0. The van der Waals surface area contributed by atoms with E-state index < -0.39 is 0 Å². The average Bonchev–Trinajstić information content (AvgIpc) is 1.97. The third-order valence-electron chi connectivity index (χ3n) is 1.35. The maximum atomic E-state index is 3.21. The quantitative estimate of drug-likeness (QED) is 0.561. The van der Waals surface area contributed by atoms with Gasteiger partial charge < -0.3 is 5.32 Å². The molecule has 0 rings (SSSR count). The lowest BCUT2D eigenvalue weighted by molar-refractivity contribution is 0.785. The second-order valence-corrected chi connectivity index (χ2v) is 2.50. The van der Waals surface area contributed by atoms with Gasteiger partial charge in [0.2, 0.25) is 0 Å². The molecular weight excluding hydrogens is 122 g/mol. The van der Waals surface area contributed by atoms with Crippen LogP contribution in [0.15, 0.2) is 12.3 Å². The van der Waals surface area contributed by atoms with Crippen molar-refractivity contribution in [2.75, 3.05) is 6.54 Å². The van der Waals surface area contributed by atoms with Gasteiger partial charge in [-0.15, -0.1) is 0 Å². The summed E-state index contributed by atoms with van der Waals surface area (Å²) in [5, 5.41) is 3.21. The Bertz CT molecular complexity index is 66.8. The Morgan fingerprint density at radius 3 is 2.60 bits per heavy atom. The number of hydrogen-bond donors (Lipinski definition) is 1. The highest BCUT2D eigenvalue weighted by Crippen LogP contribution is 1.93. The maximum absolute atomic E-state index is 3.21. The minimum Gasteiger partial charge on any atom is -0.391 e. The van der Waals surface area contributed by atoms with Crippen molar-refractivity contribution >= 4 is 0 Å². The molecule has 0 saturated carbocycles. The molecule has 0 heterocycles. The largest absolute Gasteiger partial charge is 0.391 e. The molecule has 0 bridgehead atoms. The Labute approximate surface area is 64.5 Å². The lowest BCUT2D eigenvalue weighted by atomic mass is 10.2. The van der Waals surface area contributed by atoms with Crippen LogP contribution >= 0.6 is 0 Å². The van der Waals surface area contributed by atoms with Gasteiger partial charge in [-0.25, -0.2) is 0 Å². The summed E-state index contributed by atoms with van der Waals surface area (Å²) in [7, 11) is 0. The van der Waals surface area contributed by atoms with E-state index in [2.05, 4.69) is 31.4 Å². The van der Waals surface area contributed by atoms with Crippen molar-refractivity contribution in [1.29, 1.82) is 0 Å². The van der Waals surface area contributed by atoms with Gasteiger partial charge in [-0.2, -0.15) is 0 Å². The fourth-order valence-electron chi connectivity index (χ4n) is 0.716. The lowest BCUT2D eigenvalue weighted by Gasteiger charge is -1.94. The molecule has 1 heteroatoms. The third-order valence-corrected chi connectivity index (χ3v) is 1.35. The fraction of sp³-hybridized carbons (Fsp3) is 0.778. The second kappa shape index (κ2) is 8.54. The zero-order valence-corrected chi connectivity index (χ0v) is 7.19. The van der Waals surface area contributed by atoms with Gasteiger partial charge in [0.1, 0.15) is 0 Å². The predicted octanol–water partition coefficient (Wildman–Crippen LogP) is 2.69. The molecule has 0 aliphatic rings. The fourth-order valence-corrected chi connectivity index (χ4v) is 0.716. The van der Waals surface area contributed by atoms with Crippen LogP contribution in [0.4, 0.5) is 0 Å². The lowest BCUT2D eigenvalue weighted by Crippen LogP contribution is -2.04. The average molecular weight is 141 g/mol. The summed E-state index contributed by atoms with van der Waals surface area (Å²) in [5.41, 5.74) is 0. The van der Waals surface area contributed by atoms with Crippen molar-refractivity contribution in [3.05, 3.63) is 12.3 Å². The zero-order chi connectivity index (χ0) is 7.66. The summed E-state index contributed by atoms with van der Waals surface area (Å²) in [5.74, 6) is 0. The first-order valence-electron chi connectivity index (χ1n) is 4.30. The van der Waals surface area contributed by atoms with E-state index in [0.29, 0.717) is 0 Å². The number of nitrogens with one attached hydrogen (secondary N) is 1. The highest BCUT2D eigenvalue weighted by atomic mass is 14.8.